The van der Waals surface area contributed by atoms with E-state index < -0.39 is 43.9 Å². The first-order valence-corrected chi connectivity index (χ1v) is 13.2. The van der Waals surface area contributed by atoms with Gasteiger partial charge in [-0.3, -0.25) is 4.79 Å². The summed E-state index contributed by atoms with van der Waals surface area (Å²) < 4.78 is 60.6. The van der Waals surface area contributed by atoms with E-state index in [-0.39, 0.29) is 27.7 Å². The maximum absolute atomic E-state index is 12.9. The van der Waals surface area contributed by atoms with Crippen LogP contribution in [0.1, 0.15) is 36.5 Å². The first-order chi connectivity index (χ1) is 14.5. The molecular weight excluding hydrogens is 448 g/mol. The molecule has 10 nitrogen and oxygen atoms in total. The molecule has 2 heterocycles. The number of sulfonamides is 1. The van der Waals surface area contributed by atoms with Crippen LogP contribution < -0.4 is 10.1 Å². The molecule has 2 aliphatic rings. The van der Waals surface area contributed by atoms with Crippen LogP contribution in [0.25, 0.3) is 0 Å². The summed E-state index contributed by atoms with van der Waals surface area (Å²) in [5.74, 6) is -1.52. The minimum absolute atomic E-state index is 0.00618. The summed E-state index contributed by atoms with van der Waals surface area (Å²) in [7, 11) is -5.67. The number of hydrogen-bond acceptors (Lipinski definition) is 8. The van der Waals surface area contributed by atoms with Gasteiger partial charge in [-0.25, -0.2) is 21.6 Å². The van der Waals surface area contributed by atoms with Gasteiger partial charge in [0.25, 0.3) is 5.91 Å². The molecule has 0 bridgehead atoms. The van der Waals surface area contributed by atoms with E-state index >= 15 is 0 Å². The predicted molar refractivity (Wildman–Crippen MR) is 111 cm³/mol. The van der Waals surface area contributed by atoms with Crippen LogP contribution in [0.5, 0.6) is 5.75 Å². The lowest BCUT2D eigenvalue weighted by molar-refractivity contribution is -0.129. The van der Waals surface area contributed by atoms with Gasteiger partial charge in [-0.05, 0) is 44.4 Å². The Morgan fingerprint density at radius 1 is 1.23 bits per heavy atom. The second-order valence-electron chi connectivity index (χ2n) is 7.63. The Hall–Kier alpha value is -2.18. The van der Waals surface area contributed by atoms with Crippen molar-refractivity contribution in [3.63, 3.8) is 0 Å². The Balaban J connectivity index is 1.72. The SMILES string of the molecule is COc1ccc(C(=O)O[C@H](C)C(=O)N[C@H]2CCS(=O)(=O)C2)cc1S(=O)(=O)N1CCCC1. The molecule has 1 N–H and O–H groups in total. The van der Waals surface area contributed by atoms with Gasteiger partial charge < -0.3 is 14.8 Å². The van der Waals surface area contributed by atoms with Crippen molar-refractivity contribution in [2.45, 2.75) is 43.2 Å². The minimum atomic E-state index is -3.84. The second-order valence-corrected chi connectivity index (χ2v) is 11.8. The van der Waals surface area contributed by atoms with Crippen LogP contribution in [0.4, 0.5) is 0 Å². The zero-order valence-electron chi connectivity index (χ0n) is 17.4. The highest BCUT2D eigenvalue weighted by atomic mass is 32.2. The van der Waals surface area contributed by atoms with Crippen molar-refractivity contribution in [3.05, 3.63) is 23.8 Å². The molecule has 0 aliphatic carbocycles. The van der Waals surface area contributed by atoms with Crippen molar-refractivity contribution in [3.8, 4) is 5.75 Å². The normalized spacial score (nSPS) is 22.1. The van der Waals surface area contributed by atoms with Gasteiger partial charge in [0.15, 0.2) is 15.9 Å². The fourth-order valence-electron chi connectivity index (χ4n) is 3.58. The van der Waals surface area contributed by atoms with E-state index in [0.29, 0.717) is 19.5 Å². The molecule has 0 unspecified atom stereocenters. The van der Waals surface area contributed by atoms with Crippen LogP contribution in [0.2, 0.25) is 0 Å². The van der Waals surface area contributed by atoms with E-state index in [9.17, 15) is 26.4 Å². The number of benzene rings is 1. The van der Waals surface area contributed by atoms with Gasteiger partial charge in [-0.1, -0.05) is 0 Å². The number of methoxy groups -OCH3 is 1. The number of amides is 1. The fourth-order valence-corrected chi connectivity index (χ4v) is 6.95. The molecule has 172 valence electrons. The molecule has 12 heteroatoms. The zero-order chi connectivity index (χ0) is 22.8. The molecule has 31 heavy (non-hydrogen) atoms. The lowest BCUT2D eigenvalue weighted by atomic mass is 10.2. The van der Waals surface area contributed by atoms with Crippen LogP contribution in [0.15, 0.2) is 23.1 Å². The van der Waals surface area contributed by atoms with E-state index in [1.54, 1.807) is 0 Å². The summed E-state index contributed by atoms with van der Waals surface area (Å²) in [6, 6.07) is 3.39. The largest absolute Gasteiger partial charge is 0.495 e. The third-order valence-electron chi connectivity index (χ3n) is 5.31. The summed E-state index contributed by atoms with van der Waals surface area (Å²) in [6.45, 7) is 2.16. The topological polar surface area (TPSA) is 136 Å². The standard InChI is InChI=1S/C19H26N2O8S2/c1-13(18(22)20-15-7-10-30(24,25)12-15)29-19(23)14-5-6-16(28-2)17(11-14)31(26,27)21-8-3-4-9-21/h5-6,11,13,15H,3-4,7-10,12H2,1-2H3,(H,20,22)/t13-,15+/m1/s1. The average Bonchev–Trinajstić information content (AvgIpc) is 3.37. The van der Waals surface area contributed by atoms with Crippen LogP contribution in [0.3, 0.4) is 0 Å². The summed E-state index contributed by atoms with van der Waals surface area (Å²) in [6.07, 6.45) is 0.651. The number of carbonyl (C=O) groups is 2. The van der Waals surface area contributed by atoms with Crippen LogP contribution in [0, 0.1) is 0 Å². The van der Waals surface area contributed by atoms with E-state index in [1.165, 1.54) is 36.5 Å². The van der Waals surface area contributed by atoms with Gasteiger partial charge in [0.1, 0.15) is 10.6 Å². The van der Waals surface area contributed by atoms with Crippen molar-refractivity contribution in [2.75, 3.05) is 31.7 Å². The van der Waals surface area contributed by atoms with Gasteiger partial charge in [-0.2, -0.15) is 4.31 Å². The van der Waals surface area contributed by atoms with Gasteiger partial charge in [0.05, 0.1) is 24.2 Å². The van der Waals surface area contributed by atoms with Gasteiger partial charge in [0, 0.05) is 19.1 Å². The third-order valence-corrected chi connectivity index (χ3v) is 9.00. The summed E-state index contributed by atoms with van der Waals surface area (Å²) >= 11 is 0. The van der Waals surface area contributed by atoms with Crippen molar-refractivity contribution in [1.82, 2.24) is 9.62 Å². The maximum Gasteiger partial charge on any atom is 0.338 e. The minimum Gasteiger partial charge on any atom is -0.495 e. The van der Waals surface area contributed by atoms with Crippen LogP contribution in [-0.4, -0.2) is 76.9 Å². The highest BCUT2D eigenvalue weighted by Gasteiger charge is 2.32. The number of hydrogen-bond donors (Lipinski definition) is 1. The number of esters is 1. The quantitative estimate of drug-likeness (QED) is 0.558. The molecule has 0 radical (unpaired) electrons. The highest BCUT2D eigenvalue weighted by molar-refractivity contribution is 7.91. The number of nitrogens with one attached hydrogen (secondary N) is 1. The molecule has 0 spiro atoms. The molecule has 1 aromatic rings. The first-order valence-electron chi connectivity index (χ1n) is 9.93. The molecule has 1 amide bonds. The monoisotopic (exact) mass is 474 g/mol. The smallest absolute Gasteiger partial charge is 0.338 e. The van der Waals surface area contributed by atoms with Crippen molar-refractivity contribution in [2.24, 2.45) is 0 Å². The van der Waals surface area contributed by atoms with E-state index in [4.69, 9.17) is 9.47 Å². The molecule has 3 rings (SSSR count). The highest BCUT2D eigenvalue weighted by Crippen LogP contribution is 2.30. The molecule has 0 aromatic heterocycles. The summed E-state index contributed by atoms with van der Waals surface area (Å²) in [4.78, 5) is 24.7. The Labute approximate surface area is 181 Å². The van der Waals surface area contributed by atoms with Gasteiger partial charge in [0.2, 0.25) is 10.0 Å². The average molecular weight is 475 g/mol. The van der Waals surface area contributed by atoms with E-state index in [2.05, 4.69) is 5.32 Å². The van der Waals surface area contributed by atoms with Gasteiger partial charge in [-0.15, -0.1) is 0 Å². The Morgan fingerprint density at radius 2 is 1.90 bits per heavy atom. The zero-order valence-corrected chi connectivity index (χ0v) is 19.0. The van der Waals surface area contributed by atoms with Gasteiger partial charge >= 0.3 is 5.97 Å². The predicted octanol–water partition coefficient (Wildman–Crippen LogP) is 0.328. The van der Waals surface area contributed by atoms with E-state index in [1.807, 2.05) is 0 Å². The van der Waals surface area contributed by atoms with Crippen LogP contribution >= 0.6 is 0 Å². The number of ether oxygens (including phenoxy) is 2. The summed E-state index contributed by atoms with van der Waals surface area (Å²) in [5.41, 5.74) is -0.0401. The Kier molecular flexibility index (Phi) is 6.92. The number of carbonyl (C=O) groups excluding carboxylic acids is 2. The molecule has 0 saturated carbocycles. The lowest BCUT2D eigenvalue weighted by Crippen LogP contribution is -2.42. The maximum atomic E-state index is 12.9. The van der Waals surface area contributed by atoms with Crippen molar-refractivity contribution >= 4 is 31.7 Å². The number of nitrogens with zero attached hydrogens (tertiary/aromatic N) is 1. The van der Waals surface area contributed by atoms with Crippen molar-refractivity contribution in [1.29, 1.82) is 0 Å². The lowest BCUT2D eigenvalue weighted by Gasteiger charge is -2.19. The Bertz CT molecular complexity index is 1060. The first kappa shape index (κ1) is 23.5. The third kappa shape index (κ3) is 5.36. The number of rotatable bonds is 7. The second kappa shape index (κ2) is 9.13. The molecule has 2 aliphatic heterocycles. The molecule has 2 fully saturated rings. The van der Waals surface area contributed by atoms with E-state index in [0.717, 1.165) is 12.8 Å². The molecule has 2 saturated heterocycles. The summed E-state index contributed by atoms with van der Waals surface area (Å²) in [5, 5.41) is 2.56. The Morgan fingerprint density at radius 3 is 2.48 bits per heavy atom. The molecular formula is C19H26N2O8S2. The molecule has 1 aromatic carbocycles. The van der Waals surface area contributed by atoms with Crippen molar-refractivity contribution < 1.29 is 35.9 Å². The molecule has 2 atom stereocenters. The van der Waals surface area contributed by atoms with Crippen LogP contribution in [-0.2, 0) is 29.4 Å². The number of sulfone groups is 1. The fraction of sp³-hybridized carbons (Fsp3) is 0.579.